The van der Waals surface area contributed by atoms with Gasteiger partial charge >= 0.3 is 0 Å². The zero-order valence-corrected chi connectivity index (χ0v) is 19.3. The van der Waals surface area contributed by atoms with E-state index >= 15 is 0 Å². The molecule has 2 amide bonds. The lowest BCUT2D eigenvalue weighted by atomic mass is 10.0. The van der Waals surface area contributed by atoms with Gasteiger partial charge in [0.05, 0.1) is 12.5 Å². The minimum atomic E-state index is -0.300. The number of benzene rings is 2. The molecule has 6 nitrogen and oxygen atoms in total. The van der Waals surface area contributed by atoms with Gasteiger partial charge in [0.25, 0.3) is 0 Å². The van der Waals surface area contributed by atoms with Crippen LogP contribution >= 0.6 is 0 Å². The van der Waals surface area contributed by atoms with Crippen LogP contribution in [0.3, 0.4) is 0 Å². The molecule has 1 heterocycles. The Hall–Kier alpha value is -2.70. The van der Waals surface area contributed by atoms with Gasteiger partial charge in [-0.15, -0.1) is 0 Å². The third kappa shape index (κ3) is 8.09. The normalized spacial score (nSPS) is 15.8. The van der Waals surface area contributed by atoms with Gasteiger partial charge in [-0.05, 0) is 31.0 Å². The maximum Gasteiger partial charge on any atom is 0.222 e. The van der Waals surface area contributed by atoms with E-state index in [0.29, 0.717) is 6.54 Å². The van der Waals surface area contributed by atoms with Crippen molar-refractivity contribution in [3.63, 3.8) is 0 Å². The Bertz CT molecular complexity index is 846. The van der Waals surface area contributed by atoms with Gasteiger partial charge in [-0.1, -0.05) is 60.2 Å². The van der Waals surface area contributed by atoms with Gasteiger partial charge in [0.15, 0.2) is 0 Å². The van der Waals surface area contributed by atoms with Crippen molar-refractivity contribution in [1.29, 1.82) is 0 Å². The van der Waals surface area contributed by atoms with Gasteiger partial charge in [0.1, 0.15) is 0 Å². The molecule has 6 heteroatoms. The highest BCUT2D eigenvalue weighted by Gasteiger charge is 2.18. The summed E-state index contributed by atoms with van der Waals surface area (Å²) in [5.74, 6) is -0.160. The van der Waals surface area contributed by atoms with Crippen LogP contribution in [0.1, 0.15) is 42.5 Å². The highest BCUT2D eigenvalue weighted by atomic mass is 16.2. The number of nitrogens with one attached hydrogen (secondary N) is 2. The van der Waals surface area contributed by atoms with Crippen molar-refractivity contribution in [2.24, 2.45) is 0 Å². The monoisotopic (exact) mass is 436 g/mol. The minimum Gasteiger partial charge on any atom is -0.356 e. The number of carbonyl (C=O) groups is 2. The third-order valence-corrected chi connectivity index (χ3v) is 5.93. The van der Waals surface area contributed by atoms with E-state index in [1.807, 2.05) is 31.2 Å². The summed E-state index contributed by atoms with van der Waals surface area (Å²) < 4.78 is 0. The summed E-state index contributed by atoms with van der Waals surface area (Å²) in [6.07, 6.45) is 1.18. The van der Waals surface area contributed by atoms with Crippen LogP contribution in [-0.2, 0) is 16.1 Å². The van der Waals surface area contributed by atoms with Gasteiger partial charge in [0, 0.05) is 46.2 Å². The van der Waals surface area contributed by atoms with E-state index < -0.39 is 0 Å². The van der Waals surface area contributed by atoms with Gasteiger partial charge in [-0.2, -0.15) is 0 Å². The van der Waals surface area contributed by atoms with E-state index in [4.69, 9.17) is 0 Å². The lowest BCUT2D eigenvalue weighted by Crippen LogP contribution is -2.46. The van der Waals surface area contributed by atoms with E-state index in [0.717, 1.165) is 56.8 Å². The Morgan fingerprint density at radius 2 is 1.59 bits per heavy atom. The van der Waals surface area contributed by atoms with Crippen molar-refractivity contribution in [2.45, 2.75) is 39.3 Å². The number of aryl methyl sites for hydroxylation is 1. The summed E-state index contributed by atoms with van der Waals surface area (Å²) in [5, 5.41) is 5.92. The molecule has 1 unspecified atom stereocenters. The number of piperazine rings is 1. The summed E-state index contributed by atoms with van der Waals surface area (Å²) >= 11 is 0. The molecule has 1 aliphatic heterocycles. The summed E-state index contributed by atoms with van der Waals surface area (Å²) in [6.45, 7) is 10.5. The molecule has 0 spiro atoms. The Balaban J connectivity index is 1.33. The molecule has 1 atom stereocenters. The molecule has 0 bridgehead atoms. The largest absolute Gasteiger partial charge is 0.356 e. The molecule has 0 radical (unpaired) electrons. The molecule has 0 aliphatic carbocycles. The highest BCUT2D eigenvalue weighted by molar-refractivity contribution is 5.79. The van der Waals surface area contributed by atoms with E-state index in [2.05, 4.69) is 50.8 Å². The Morgan fingerprint density at radius 3 is 2.25 bits per heavy atom. The molecule has 0 aromatic heterocycles. The first-order valence-electron chi connectivity index (χ1n) is 11.6. The second kappa shape index (κ2) is 12.4. The fourth-order valence-corrected chi connectivity index (χ4v) is 4.10. The Labute approximate surface area is 192 Å². The van der Waals surface area contributed by atoms with Crippen LogP contribution in [0.4, 0.5) is 0 Å². The van der Waals surface area contributed by atoms with Gasteiger partial charge in [-0.25, -0.2) is 0 Å². The van der Waals surface area contributed by atoms with Crippen molar-refractivity contribution in [3.8, 4) is 0 Å². The molecular formula is C26H36N4O2. The topological polar surface area (TPSA) is 64.7 Å². The molecular weight excluding hydrogens is 400 g/mol. The van der Waals surface area contributed by atoms with E-state index in [-0.39, 0.29) is 24.3 Å². The fourth-order valence-electron chi connectivity index (χ4n) is 4.10. The van der Waals surface area contributed by atoms with E-state index in [1.165, 1.54) is 12.5 Å². The highest BCUT2D eigenvalue weighted by Crippen LogP contribution is 2.17. The Kier molecular flexibility index (Phi) is 9.26. The first-order chi connectivity index (χ1) is 15.5. The standard InChI is InChI=1S/C26H36N4O2/c1-21-9-11-24(12-10-21)25(28-22(2)31)19-26(32)27-13-6-14-29-15-17-30(18-16-29)20-23-7-4-3-5-8-23/h3-5,7-12,25H,6,13-20H2,1-2H3,(H,27,32)(H,28,31). The molecule has 1 aliphatic rings. The zero-order chi connectivity index (χ0) is 22.8. The molecule has 0 saturated carbocycles. The van der Waals surface area contributed by atoms with Crippen LogP contribution in [-0.4, -0.2) is 60.9 Å². The number of carbonyl (C=O) groups excluding carboxylic acids is 2. The van der Waals surface area contributed by atoms with Crippen molar-refractivity contribution < 1.29 is 9.59 Å². The second-order valence-electron chi connectivity index (χ2n) is 8.67. The quantitative estimate of drug-likeness (QED) is 0.562. The number of hydrogen-bond acceptors (Lipinski definition) is 4. The molecule has 172 valence electrons. The molecule has 2 aromatic rings. The molecule has 3 rings (SSSR count). The molecule has 1 fully saturated rings. The Morgan fingerprint density at radius 1 is 0.938 bits per heavy atom. The van der Waals surface area contributed by atoms with Crippen molar-refractivity contribution in [2.75, 3.05) is 39.3 Å². The van der Waals surface area contributed by atoms with E-state index in [9.17, 15) is 9.59 Å². The van der Waals surface area contributed by atoms with Crippen LogP contribution in [0.2, 0.25) is 0 Å². The van der Waals surface area contributed by atoms with Crippen LogP contribution in [0.25, 0.3) is 0 Å². The number of nitrogens with zero attached hydrogens (tertiary/aromatic N) is 2. The van der Waals surface area contributed by atoms with Crippen molar-refractivity contribution in [3.05, 3.63) is 71.3 Å². The summed E-state index contributed by atoms with van der Waals surface area (Å²) in [4.78, 5) is 29.0. The number of amides is 2. The maximum absolute atomic E-state index is 12.5. The molecule has 2 aromatic carbocycles. The third-order valence-electron chi connectivity index (χ3n) is 5.93. The smallest absolute Gasteiger partial charge is 0.222 e. The summed E-state index contributed by atoms with van der Waals surface area (Å²) in [5.41, 5.74) is 3.47. The van der Waals surface area contributed by atoms with Crippen molar-refractivity contribution in [1.82, 2.24) is 20.4 Å². The van der Waals surface area contributed by atoms with E-state index in [1.54, 1.807) is 0 Å². The zero-order valence-electron chi connectivity index (χ0n) is 19.3. The van der Waals surface area contributed by atoms with Crippen molar-refractivity contribution >= 4 is 11.8 Å². The first-order valence-corrected chi connectivity index (χ1v) is 11.6. The summed E-state index contributed by atoms with van der Waals surface area (Å²) in [6, 6.07) is 18.3. The SMILES string of the molecule is CC(=O)NC(CC(=O)NCCCN1CCN(Cc2ccccc2)CC1)c1ccc(C)cc1. The molecule has 1 saturated heterocycles. The van der Waals surface area contributed by atoms with Gasteiger partial charge < -0.3 is 15.5 Å². The molecule has 2 N–H and O–H groups in total. The second-order valence-corrected chi connectivity index (χ2v) is 8.67. The van der Waals surface area contributed by atoms with Crippen LogP contribution < -0.4 is 10.6 Å². The minimum absolute atomic E-state index is 0.0306. The maximum atomic E-state index is 12.5. The summed E-state index contributed by atoms with van der Waals surface area (Å²) in [7, 11) is 0. The van der Waals surface area contributed by atoms with Crippen LogP contribution in [0.15, 0.2) is 54.6 Å². The fraction of sp³-hybridized carbons (Fsp3) is 0.462. The van der Waals surface area contributed by atoms with Crippen LogP contribution in [0, 0.1) is 6.92 Å². The molecule has 32 heavy (non-hydrogen) atoms. The average molecular weight is 437 g/mol. The predicted molar refractivity (Wildman–Crippen MR) is 128 cm³/mol. The average Bonchev–Trinajstić information content (AvgIpc) is 2.78. The lowest BCUT2D eigenvalue weighted by molar-refractivity contribution is -0.122. The predicted octanol–water partition coefficient (Wildman–Crippen LogP) is 2.89. The van der Waals surface area contributed by atoms with Gasteiger partial charge in [0.2, 0.25) is 11.8 Å². The van der Waals surface area contributed by atoms with Crippen LogP contribution in [0.5, 0.6) is 0 Å². The van der Waals surface area contributed by atoms with Gasteiger partial charge in [-0.3, -0.25) is 14.5 Å². The lowest BCUT2D eigenvalue weighted by Gasteiger charge is -2.34. The number of rotatable bonds is 10. The number of hydrogen-bond donors (Lipinski definition) is 2. The first kappa shape index (κ1) is 24.0.